The van der Waals surface area contributed by atoms with E-state index >= 15 is 0 Å². The molecular formula is C13H24F3N3O2. The Hall–Kier alpha value is -1.02. The molecule has 0 aliphatic carbocycles. The predicted octanol–water partition coefficient (Wildman–Crippen LogP) is 1.82. The van der Waals surface area contributed by atoms with Crippen LogP contribution in [0.1, 0.15) is 27.7 Å². The lowest BCUT2D eigenvalue weighted by Crippen LogP contribution is -2.61. The SMILES string of the molecule is CC(N)C(N1CCN(C(=O)OC(C)(C)C)CC1)C(F)(F)F. The molecule has 0 aromatic carbocycles. The largest absolute Gasteiger partial charge is 0.444 e. The number of carbonyl (C=O) groups excluding carboxylic acids is 1. The molecular weight excluding hydrogens is 287 g/mol. The molecule has 8 heteroatoms. The Morgan fingerprint density at radius 3 is 1.95 bits per heavy atom. The molecule has 124 valence electrons. The van der Waals surface area contributed by atoms with E-state index in [1.54, 1.807) is 20.8 Å². The lowest BCUT2D eigenvalue weighted by atomic mass is 10.1. The smallest absolute Gasteiger partial charge is 0.410 e. The van der Waals surface area contributed by atoms with E-state index in [0.29, 0.717) is 0 Å². The van der Waals surface area contributed by atoms with Crippen molar-refractivity contribution in [2.45, 2.75) is 51.6 Å². The van der Waals surface area contributed by atoms with Gasteiger partial charge in [-0.1, -0.05) is 0 Å². The molecule has 2 atom stereocenters. The van der Waals surface area contributed by atoms with Gasteiger partial charge in [-0.2, -0.15) is 13.2 Å². The van der Waals surface area contributed by atoms with Gasteiger partial charge in [0, 0.05) is 32.2 Å². The summed E-state index contributed by atoms with van der Waals surface area (Å²) in [5.41, 5.74) is 4.85. The third kappa shape index (κ3) is 5.35. The van der Waals surface area contributed by atoms with Crippen LogP contribution >= 0.6 is 0 Å². The number of rotatable bonds is 2. The summed E-state index contributed by atoms with van der Waals surface area (Å²) in [6.07, 6.45) is -4.87. The molecule has 1 heterocycles. The van der Waals surface area contributed by atoms with E-state index in [9.17, 15) is 18.0 Å². The standard InChI is InChI=1S/C13H24F3N3O2/c1-9(17)10(13(14,15)16)18-5-7-19(8-6-18)11(20)21-12(2,3)4/h9-10H,5-8,17H2,1-4H3. The fraction of sp³-hybridized carbons (Fsp3) is 0.923. The molecule has 2 unspecified atom stereocenters. The molecule has 1 saturated heterocycles. The predicted molar refractivity (Wildman–Crippen MR) is 72.9 cm³/mol. The van der Waals surface area contributed by atoms with E-state index < -0.39 is 30.0 Å². The van der Waals surface area contributed by atoms with Crippen LogP contribution in [0.4, 0.5) is 18.0 Å². The molecule has 0 aromatic heterocycles. The van der Waals surface area contributed by atoms with Crippen LogP contribution in [-0.4, -0.2) is 65.9 Å². The van der Waals surface area contributed by atoms with Gasteiger partial charge in [0.15, 0.2) is 0 Å². The molecule has 0 bridgehead atoms. The highest BCUT2D eigenvalue weighted by Crippen LogP contribution is 2.27. The number of halogens is 3. The zero-order chi connectivity index (χ0) is 16.4. The Morgan fingerprint density at radius 1 is 1.14 bits per heavy atom. The Morgan fingerprint density at radius 2 is 1.62 bits per heavy atom. The number of nitrogens with two attached hydrogens (primary N) is 1. The van der Waals surface area contributed by atoms with Gasteiger partial charge < -0.3 is 15.4 Å². The lowest BCUT2D eigenvalue weighted by Gasteiger charge is -2.41. The molecule has 1 fully saturated rings. The molecule has 1 rings (SSSR count). The second-order valence-electron chi connectivity index (χ2n) is 6.35. The highest BCUT2D eigenvalue weighted by Gasteiger charge is 2.46. The van der Waals surface area contributed by atoms with E-state index in [-0.39, 0.29) is 26.2 Å². The van der Waals surface area contributed by atoms with Gasteiger partial charge in [0.25, 0.3) is 0 Å². The van der Waals surface area contributed by atoms with Crippen molar-refractivity contribution in [2.24, 2.45) is 5.73 Å². The van der Waals surface area contributed by atoms with Crippen molar-refractivity contribution < 1.29 is 22.7 Å². The van der Waals surface area contributed by atoms with Gasteiger partial charge in [-0.05, 0) is 27.7 Å². The Bertz CT molecular complexity index is 359. The molecule has 21 heavy (non-hydrogen) atoms. The van der Waals surface area contributed by atoms with Gasteiger partial charge in [-0.15, -0.1) is 0 Å². The summed E-state index contributed by atoms with van der Waals surface area (Å²) in [7, 11) is 0. The van der Waals surface area contributed by atoms with E-state index in [4.69, 9.17) is 10.5 Å². The van der Waals surface area contributed by atoms with Crippen LogP contribution in [0.25, 0.3) is 0 Å². The van der Waals surface area contributed by atoms with Gasteiger partial charge in [0.2, 0.25) is 0 Å². The van der Waals surface area contributed by atoms with Crippen LogP contribution in [-0.2, 0) is 4.74 Å². The van der Waals surface area contributed by atoms with Crippen LogP contribution in [0.2, 0.25) is 0 Å². The maximum Gasteiger partial charge on any atom is 0.410 e. The Balaban J connectivity index is 2.61. The number of alkyl halides is 3. The second-order valence-corrected chi connectivity index (χ2v) is 6.35. The summed E-state index contributed by atoms with van der Waals surface area (Å²) in [5.74, 6) is 0. The third-order valence-electron chi connectivity index (χ3n) is 3.19. The molecule has 0 aromatic rings. The average Bonchev–Trinajstić information content (AvgIpc) is 2.24. The monoisotopic (exact) mass is 311 g/mol. The van der Waals surface area contributed by atoms with Crippen molar-refractivity contribution in [1.82, 2.24) is 9.80 Å². The van der Waals surface area contributed by atoms with E-state index in [1.165, 1.54) is 16.7 Å². The number of carbonyl (C=O) groups is 1. The summed E-state index contributed by atoms with van der Waals surface area (Å²) in [6.45, 7) is 7.25. The number of amides is 1. The maximum atomic E-state index is 13.0. The first kappa shape index (κ1) is 18.0. The number of hydrogen-bond donors (Lipinski definition) is 1. The van der Waals surface area contributed by atoms with Crippen molar-refractivity contribution in [3.63, 3.8) is 0 Å². The highest BCUT2D eigenvalue weighted by atomic mass is 19.4. The van der Waals surface area contributed by atoms with Gasteiger partial charge in [0.05, 0.1) is 0 Å². The minimum atomic E-state index is -4.37. The third-order valence-corrected chi connectivity index (χ3v) is 3.19. The van der Waals surface area contributed by atoms with Gasteiger partial charge in [-0.3, -0.25) is 4.90 Å². The molecule has 0 spiro atoms. The summed E-state index contributed by atoms with van der Waals surface area (Å²) in [5, 5.41) is 0. The summed E-state index contributed by atoms with van der Waals surface area (Å²) >= 11 is 0. The first-order chi connectivity index (χ1) is 9.42. The normalized spacial score (nSPS) is 21.0. The van der Waals surface area contributed by atoms with Crippen molar-refractivity contribution >= 4 is 6.09 Å². The quantitative estimate of drug-likeness (QED) is 0.845. The average molecular weight is 311 g/mol. The zero-order valence-electron chi connectivity index (χ0n) is 12.9. The number of hydrogen-bond acceptors (Lipinski definition) is 4. The summed E-state index contributed by atoms with van der Waals surface area (Å²) in [4.78, 5) is 14.6. The lowest BCUT2D eigenvalue weighted by molar-refractivity contribution is -0.191. The summed E-state index contributed by atoms with van der Waals surface area (Å²) < 4.78 is 44.2. The molecule has 0 saturated carbocycles. The topological polar surface area (TPSA) is 58.8 Å². The highest BCUT2D eigenvalue weighted by molar-refractivity contribution is 5.68. The van der Waals surface area contributed by atoms with Crippen molar-refractivity contribution in [1.29, 1.82) is 0 Å². The van der Waals surface area contributed by atoms with E-state index in [2.05, 4.69) is 0 Å². The minimum Gasteiger partial charge on any atom is -0.444 e. The van der Waals surface area contributed by atoms with Gasteiger partial charge >= 0.3 is 12.3 Å². The van der Waals surface area contributed by atoms with Crippen molar-refractivity contribution in [2.75, 3.05) is 26.2 Å². The van der Waals surface area contributed by atoms with Crippen LogP contribution in [0.5, 0.6) is 0 Å². The van der Waals surface area contributed by atoms with E-state index in [0.717, 1.165) is 0 Å². The first-order valence-corrected chi connectivity index (χ1v) is 6.96. The molecule has 1 amide bonds. The Labute approximate surface area is 123 Å². The summed E-state index contributed by atoms with van der Waals surface area (Å²) in [6, 6.07) is -2.70. The fourth-order valence-electron chi connectivity index (χ4n) is 2.35. The van der Waals surface area contributed by atoms with Crippen molar-refractivity contribution in [3.05, 3.63) is 0 Å². The van der Waals surface area contributed by atoms with Crippen LogP contribution in [0.15, 0.2) is 0 Å². The van der Waals surface area contributed by atoms with E-state index in [1.807, 2.05) is 0 Å². The van der Waals surface area contributed by atoms with Gasteiger partial charge in [-0.25, -0.2) is 4.79 Å². The Kier molecular flexibility index (Phi) is 5.49. The minimum absolute atomic E-state index is 0.130. The molecule has 1 aliphatic heterocycles. The molecule has 5 nitrogen and oxygen atoms in total. The number of nitrogens with zero attached hydrogens (tertiary/aromatic N) is 2. The van der Waals surface area contributed by atoms with Crippen LogP contribution < -0.4 is 5.73 Å². The number of piperazine rings is 1. The van der Waals surface area contributed by atoms with Gasteiger partial charge in [0.1, 0.15) is 11.6 Å². The molecule has 0 radical (unpaired) electrons. The van der Waals surface area contributed by atoms with Crippen LogP contribution in [0.3, 0.4) is 0 Å². The molecule has 1 aliphatic rings. The second kappa shape index (κ2) is 6.39. The zero-order valence-corrected chi connectivity index (χ0v) is 12.9. The maximum absolute atomic E-state index is 13.0. The number of ether oxygens (including phenoxy) is 1. The van der Waals surface area contributed by atoms with Crippen molar-refractivity contribution in [3.8, 4) is 0 Å². The molecule has 2 N–H and O–H groups in total. The fourth-order valence-corrected chi connectivity index (χ4v) is 2.35. The van der Waals surface area contributed by atoms with Crippen LogP contribution in [0, 0.1) is 0 Å². The first-order valence-electron chi connectivity index (χ1n) is 6.96.